The van der Waals surface area contributed by atoms with Crippen LogP contribution >= 0.6 is 0 Å². The van der Waals surface area contributed by atoms with E-state index in [9.17, 15) is 0 Å². The van der Waals surface area contributed by atoms with Gasteiger partial charge in [-0.2, -0.15) is 0 Å². The normalized spacial score (nSPS) is 7.44. The van der Waals surface area contributed by atoms with Gasteiger partial charge in [0.05, 0.1) is 0 Å². The molecule has 0 fully saturated rings. The van der Waals surface area contributed by atoms with Crippen LogP contribution in [0.25, 0.3) is 11.1 Å². The number of benzene rings is 2. The third-order valence-corrected chi connectivity index (χ3v) is 1.88. The summed E-state index contributed by atoms with van der Waals surface area (Å²) < 4.78 is 0. The molecule has 3 heteroatoms. The molecule has 0 aromatic heterocycles. The molecule has 0 atom stereocenters. The molecular formula is C15H25N3. The molecule has 18 heavy (non-hydrogen) atoms. The van der Waals surface area contributed by atoms with Gasteiger partial charge in [0.15, 0.2) is 0 Å². The molecule has 2 aromatic rings. The topological polar surface area (TPSA) is 78.1 Å². The highest BCUT2D eigenvalue weighted by Crippen LogP contribution is 2.17. The van der Waals surface area contributed by atoms with Crippen LogP contribution in [-0.4, -0.2) is 21.1 Å². The first-order valence-corrected chi connectivity index (χ1v) is 5.80. The molecule has 0 amide bonds. The highest BCUT2D eigenvalue weighted by molar-refractivity contribution is 5.62. The van der Waals surface area contributed by atoms with Gasteiger partial charge in [0.2, 0.25) is 0 Å². The van der Waals surface area contributed by atoms with Crippen molar-refractivity contribution in [3.05, 3.63) is 60.7 Å². The standard InChI is InChI=1S/C12H10.3CH5N/c1-3-7-11(8-4-1)12-9-5-2-6-10-12;3*1-2/h1-10H;3*2H2,1H3. The summed E-state index contributed by atoms with van der Waals surface area (Å²) in [6.45, 7) is 0. The average molecular weight is 247 g/mol. The SMILES string of the molecule is CN.CN.CN.c1ccc(-c2ccccc2)cc1. The van der Waals surface area contributed by atoms with Gasteiger partial charge in [0.25, 0.3) is 0 Å². The van der Waals surface area contributed by atoms with Crippen molar-refractivity contribution in [3.8, 4) is 11.1 Å². The summed E-state index contributed by atoms with van der Waals surface area (Å²) in [5.41, 5.74) is 16.1. The van der Waals surface area contributed by atoms with E-state index >= 15 is 0 Å². The Morgan fingerprint density at radius 3 is 0.889 bits per heavy atom. The Kier molecular flexibility index (Phi) is 15.9. The molecule has 100 valence electrons. The number of hydrogen-bond donors (Lipinski definition) is 3. The Balaban J connectivity index is 0. The zero-order chi connectivity index (χ0) is 14.2. The van der Waals surface area contributed by atoms with Gasteiger partial charge in [0.1, 0.15) is 0 Å². The first-order chi connectivity index (χ1) is 8.97. The van der Waals surface area contributed by atoms with E-state index in [4.69, 9.17) is 0 Å². The summed E-state index contributed by atoms with van der Waals surface area (Å²) in [5, 5.41) is 0. The second-order valence-electron chi connectivity index (χ2n) is 2.73. The Morgan fingerprint density at radius 1 is 0.444 bits per heavy atom. The van der Waals surface area contributed by atoms with E-state index in [2.05, 4.69) is 65.7 Å². The van der Waals surface area contributed by atoms with Crippen molar-refractivity contribution in [1.29, 1.82) is 0 Å². The largest absolute Gasteiger partial charge is 0.333 e. The molecule has 0 radical (unpaired) electrons. The predicted octanol–water partition coefficient (Wildman–Crippen LogP) is 2.08. The average Bonchev–Trinajstić information content (AvgIpc) is 2.55. The molecule has 0 unspecified atom stereocenters. The minimum Gasteiger partial charge on any atom is -0.333 e. The van der Waals surface area contributed by atoms with E-state index in [-0.39, 0.29) is 0 Å². The molecule has 2 aromatic carbocycles. The smallest absolute Gasteiger partial charge is 0.0184 e. The Bertz CT molecular complexity index is 309. The van der Waals surface area contributed by atoms with Crippen molar-refractivity contribution in [2.75, 3.05) is 21.1 Å². The Morgan fingerprint density at radius 2 is 0.667 bits per heavy atom. The summed E-state index contributed by atoms with van der Waals surface area (Å²) in [6, 6.07) is 20.8. The second kappa shape index (κ2) is 15.3. The first-order valence-electron chi connectivity index (χ1n) is 5.80. The molecule has 0 bridgehead atoms. The fraction of sp³-hybridized carbons (Fsp3) is 0.200. The van der Waals surface area contributed by atoms with E-state index in [1.807, 2.05) is 12.1 Å². The maximum Gasteiger partial charge on any atom is -0.0184 e. The quantitative estimate of drug-likeness (QED) is 0.722. The fourth-order valence-electron chi connectivity index (χ4n) is 1.26. The number of hydrogen-bond acceptors (Lipinski definition) is 3. The predicted molar refractivity (Wildman–Crippen MR) is 82.2 cm³/mol. The number of nitrogens with two attached hydrogens (primary N) is 3. The number of rotatable bonds is 1. The molecule has 0 aliphatic heterocycles. The van der Waals surface area contributed by atoms with Gasteiger partial charge < -0.3 is 17.2 Å². The molecule has 0 saturated heterocycles. The molecule has 3 nitrogen and oxygen atoms in total. The summed E-state index contributed by atoms with van der Waals surface area (Å²) in [4.78, 5) is 0. The van der Waals surface area contributed by atoms with Gasteiger partial charge in [-0.05, 0) is 32.3 Å². The molecule has 2 rings (SSSR count). The van der Waals surface area contributed by atoms with E-state index in [0.717, 1.165) is 0 Å². The molecule has 6 N–H and O–H groups in total. The Hall–Kier alpha value is -1.68. The highest BCUT2D eigenvalue weighted by Gasteiger charge is 1.91. The zero-order valence-electron chi connectivity index (χ0n) is 11.5. The third-order valence-electron chi connectivity index (χ3n) is 1.88. The van der Waals surface area contributed by atoms with Crippen LogP contribution < -0.4 is 17.2 Å². The summed E-state index contributed by atoms with van der Waals surface area (Å²) in [5.74, 6) is 0. The van der Waals surface area contributed by atoms with Crippen LogP contribution in [-0.2, 0) is 0 Å². The lowest BCUT2D eigenvalue weighted by atomic mass is 10.1. The molecule has 0 spiro atoms. The first kappa shape index (κ1) is 18.7. The van der Waals surface area contributed by atoms with Crippen LogP contribution in [0, 0.1) is 0 Å². The molecule has 0 heterocycles. The van der Waals surface area contributed by atoms with Crippen LogP contribution in [0.5, 0.6) is 0 Å². The van der Waals surface area contributed by atoms with Crippen molar-refractivity contribution < 1.29 is 0 Å². The van der Waals surface area contributed by atoms with Crippen molar-refractivity contribution in [3.63, 3.8) is 0 Å². The van der Waals surface area contributed by atoms with Crippen molar-refractivity contribution in [2.45, 2.75) is 0 Å². The maximum atomic E-state index is 4.50. The van der Waals surface area contributed by atoms with E-state index in [1.165, 1.54) is 32.3 Å². The summed E-state index contributed by atoms with van der Waals surface area (Å²) in [6.07, 6.45) is 0. The van der Waals surface area contributed by atoms with Gasteiger partial charge in [-0.25, -0.2) is 0 Å². The van der Waals surface area contributed by atoms with Gasteiger partial charge in [-0.3, -0.25) is 0 Å². The van der Waals surface area contributed by atoms with Gasteiger partial charge in [-0.15, -0.1) is 0 Å². The highest BCUT2D eigenvalue weighted by atomic mass is 14.4. The minimum atomic E-state index is 1.28. The van der Waals surface area contributed by atoms with Crippen LogP contribution in [0.2, 0.25) is 0 Å². The summed E-state index contributed by atoms with van der Waals surface area (Å²) >= 11 is 0. The van der Waals surface area contributed by atoms with Gasteiger partial charge in [-0.1, -0.05) is 60.7 Å². The van der Waals surface area contributed by atoms with Crippen molar-refractivity contribution >= 4 is 0 Å². The third kappa shape index (κ3) is 7.57. The van der Waals surface area contributed by atoms with Crippen LogP contribution in [0.4, 0.5) is 0 Å². The van der Waals surface area contributed by atoms with Gasteiger partial charge >= 0.3 is 0 Å². The van der Waals surface area contributed by atoms with Crippen LogP contribution in [0.3, 0.4) is 0 Å². The second-order valence-corrected chi connectivity index (χ2v) is 2.73. The van der Waals surface area contributed by atoms with E-state index < -0.39 is 0 Å². The fourth-order valence-corrected chi connectivity index (χ4v) is 1.26. The maximum absolute atomic E-state index is 4.50. The van der Waals surface area contributed by atoms with Crippen molar-refractivity contribution in [2.24, 2.45) is 17.2 Å². The molecule has 0 saturated carbocycles. The van der Waals surface area contributed by atoms with Crippen molar-refractivity contribution in [1.82, 2.24) is 0 Å². The van der Waals surface area contributed by atoms with Crippen LogP contribution in [0.1, 0.15) is 0 Å². The molecular weight excluding hydrogens is 222 g/mol. The van der Waals surface area contributed by atoms with E-state index in [1.54, 1.807) is 0 Å². The lowest BCUT2D eigenvalue weighted by molar-refractivity contribution is 1.48. The molecule has 0 aliphatic carbocycles. The minimum absolute atomic E-state index is 1.28. The molecule has 0 aliphatic rings. The summed E-state index contributed by atoms with van der Waals surface area (Å²) in [7, 11) is 4.50. The van der Waals surface area contributed by atoms with Crippen LogP contribution in [0.15, 0.2) is 60.7 Å². The lowest BCUT2D eigenvalue weighted by Crippen LogP contribution is -1.73. The van der Waals surface area contributed by atoms with E-state index in [0.29, 0.717) is 0 Å². The zero-order valence-corrected chi connectivity index (χ0v) is 11.5. The monoisotopic (exact) mass is 247 g/mol. The Labute approximate surface area is 111 Å². The lowest BCUT2D eigenvalue weighted by Gasteiger charge is -1.98. The van der Waals surface area contributed by atoms with Gasteiger partial charge in [0, 0.05) is 0 Å².